The Balaban J connectivity index is 1.91. The van der Waals surface area contributed by atoms with Gasteiger partial charge in [-0.2, -0.15) is 0 Å². The Morgan fingerprint density at radius 1 is 1.40 bits per heavy atom. The number of piperidine rings is 1. The summed E-state index contributed by atoms with van der Waals surface area (Å²) in [5.41, 5.74) is 0.586. The van der Waals surface area contributed by atoms with Crippen LogP contribution in [0, 0.1) is 0 Å². The molecule has 0 N–H and O–H groups in total. The fraction of sp³-hybridized carbons (Fsp3) is 0.636. The molecule has 0 aliphatic carbocycles. The van der Waals surface area contributed by atoms with Gasteiger partial charge < -0.3 is 4.57 Å². The van der Waals surface area contributed by atoms with E-state index >= 15 is 0 Å². The zero-order valence-corrected chi connectivity index (χ0v) is 9.15. The third-order valence-electron chi connectivity index (χ3n) is 2.81. The molecular formula is C11H17N3O. The number of carbonyl (C=O) groups is 1. The van der Waals surface area contributed by atoms with Crippen LogP contribution in [0.25, 0.3) is 0 Å². The average Bonchev–Trinajstić information content (AvgIpc) is 2.66. The minimum atomic E-state index is 0.137. The number of likely N-dealkylation sites (tertiary alicyclic amines) is 1. The predicted octanol–water partition coefficient (Wildman–Crippen LogP) is 1.09. The number of nitrogens with zero attached hydrogens (tertiary/aromatic N) is 3. The Kier molecular flexibility index (Phi) is 3.16. The van der Waals surface area contributed by atoms with Crippen molar-refractivity contribution < 1.29 is 4.79 Å². The molecule has 4 heteroatoms. The molecule has 0 aromatic carbocycles. The maximum absolute atomic E-state index is 11.8. The van der Waals surface area contributed by atoms with Crippen molar-refractivity contribution in [1.82, 2.24) is 14.5 Å². The van der Waals surface area contributed by atoms with Crippen molar-refractivity contribution in [1.29, 1.82) is 0 Å². The lowest BCUT2D eigenvalue weighted by Crippen LogP contribution is -2.34. The van der Waals surface area contributed by atoms with Crippen LogP contribution in [-0.2, 0) is 7.05 Å². The lowest BCUT2D eigenvalue weighted by molar-refractivity contribution is 0.0911. The summed E-state index contributed by atoms with van der Waals surface area (Å²) in [6.07, 6.45) is 7.19. The first-order chi connectivity index (χ1) is 7.25. The van der Waals surface area contributed by atoms with Gasteiger partial charge in [0.2, 0.25) is 0 Å². The minimum absolute atomic E-state index is 0.137. The Morgan fingerprint density at radius 2 is 2.13 bits per heavy atom. The van der Waals surface area contributed by atoms with E-state index in [1.807, 2.05) is 11.6 Å². The molecule has 1 aliphatic rings. The number of rotatable bonds is 3. The van der Waals surface area contributed by atoms with Gasteiger partial charge in [-0.05, 0) is 25.9 Å². The number of aromatic nitrogens is 2. The first kappa shape index (κ1) is 10.4. The highest BCUT2D eigenvalue weighted by atomic mass is 16.1. The van der Waals surface area contributed by atoms with Gasteiger partial charge in [-0.25, -0.2) is 4.98 Å². The molecule has 1 saturated heterocycles. The molecule has 2 rings (SSSR count). The maximum Gasteiger partial charge on any atom is 0.196 e. The number of carbonyl (C=O) groups excluding carboxylic acids is 1. The number of hydrogen-bond acceptors (Lipinski definition) is 3. The Hall–Kier alpha value is -1.16. The normalized spacial score (nSPS) is 17.9. The molecule has 0 spiro atoms. The van der Waals surface area contributed by atoms with Gasteiger partial charge in [-0.3, -0.25) is 9.69 Å². The second-order valence-electron chi connectivity index (χ2n) is 4.18. The van der Waals surface area contributed by atoms with Crippen LogP contribution >= 0.6 is 0 Å². The fourth-order valence-electron chi connectivity index (χ4n) is 1.96. The second-order valence-corrected chi connectivity index (χ2v) is 4.18. The standard InChI is InChI=1S/C11H17N3O/c1-13-7-10(12-9-13)11(15)8-14-5-3-2-4-6-14/h7,9H,2-6,8H2,1H3. The highest BCUT2D eigenvalue weighted by Crippen LogP contribution is 2.09. The summed E-state index contributed by atoms with van der Waals surface area (Å²) in [6.45, 7) is 2.63. The van der Waals surface area contributed by atoms with Gasteiger partial charge in [0.25, 0.3) is 0 Å². The van der Waals surface area contributed by atoms with Crippen molar-refractivity contribution >= 4 is 5.78 Å². The van der Waals surface area contributed by atoms with E-state index in [4.69, 9.17) is 0 Å². The lowest BCUT2D eigenvalue weighted by Gasteiger charge is -2.25. The highest BCUT2D eigenvalue weighted by Gasteiger charge is 2.16. The molecule has 0 radical (unpaired) electrons. The minimum Gasteiger partial charge on any atom is -0.340 e. The molecule has 15 heavy (non-hydrogen) atoms. The maximum atomic E-state index is 11.8. The SMILES string of the molecule is Cn1cnc(C(=O)CN2CCCCC2)c1. The summed E-state index contributed by atoms with van der Waals surface area (Å²) in [6, 6.07) is 0. The topological polar surface area (TPSA) is 38.1 Å². The van der Waals surface area contributed by atoms with Crippen molar-refractivity contribution in [2.24, 2.45) is 7.05 Å². The van der Waals surface area contributed by atoms with E-state index in [1.54, 1.807) is 12.5 Å². The van der Waals surface area contributed by atoms with Gasteiger partial charge in [0.05, 0.1) is 12.9 Å². The number of imidazole rings is 1. The van der Waals surface area contributed by atoms with Crippen LogP contribution in [0.4, 0.5) is 0 Å². The van der Waals surface area contributed by atoms with Crippen LogP contribution in [0.2, 0.25) is 0 Å². The molecule has 1 fully saturated rings. The summed E-state index contributed by atoms with van der Waals surface area (Å²) in [5.74, 6) is 0.137. The summed E-state index contributed by atoms with van der Waals surface area (Å²) in [5, 5.41) is 0. The van der Waals surface area contributed by atoms with Crippen molar-refractivity contribution in [3.8, 4) is 0 Å². The Labute approximate surface area is 89.9 Å². The zero-order chi connectivity index (χ0) is 10.7. The number of Topliss-reactive ketones (excluding diaryl/α,β-unsaturated/α-hetero) is 1. The second kappa shape index (κ2) is 4.57. The summed E-state index contributed by atoms with van der Waals surface area (Å²) < 4.78 is 1.81. The molecule has 1 aromatic heterocycles. The van der Waals surface area contributed by atoms with Gasteiger partial charge in [-0.15, -0.1) is 0 Å². The molecule has 1 aliphatic heterocycles. The van der Waals surface area contributed by atoms with E-state index in [1.165, 1.54) is 19.3 Å². The van der Waals surface area contributed by atoms with Crippen molar-refractivity contribution in [2.75, 3.05) is 19.6 Å². The van der Waals surface area contributed by atoms with E-state index in [0.29, 0.717) is 12.2 Å². The summed E-state index contributed by atoms with van der Waals surface area (Å²) >= 11 is 0. The van der Waals surface area contributed by atoms with E-state index in [9.17, 15) is 4.79 Å². The highest BCUT2D eigenvalue weighted by molar-refractivity contribution is 5.95. The largest absolute Gasteiger partial charge is 0.340 e. The first-order valence-electron chi connectivity index (χ1n) is 5.49. The molecule has 0 bridgehead atoms. The molecular weight excluding hydrogens is 190 g/mol. The van der Waals surface area contributed by atoms with E-state index in [-0.39, 0.29) is 5.78 Å². The number of ketones is 1. The van der Waals surface area contributed by atoms with Gasteiger partial charge in [0, 0.05) is 13.2 Å². The quantitative estimate of drug-likeness (QED) is 0.696. The third-order valence-corrected chi connectivity index (χ3v) is 2.81. The lowest BCUT2D eigenvalue weighted by atomic mass is 10.1. The van der Waals surface area contributed by atoms with E-state index in [0.717, 1.165) is 13.1 Å². The summed E-state index contributed by atoms with van der Waals surface area (Å²) in [4.78, 5) is 18.1. The van der Waals surface area contributed by atoms with Crippen LogP contribution in [0.5, 0.6) is 0 Å². The molecule has 4 nitrogen and oxygen atoms in total. The molecule has 1 aromatic rings. The summed E-state index contributed by atoms with van der Waals surface area (Å²) in [7, 11) is 1.88. The van der Waals surface area contributed by atoms with Gasteiger partial charge in [0.1, 0.15) is 5.69 Å². The van der Waals surface area contributed by atoms with Crippen LogP contribution in [-0.4, -0.2) is 39.9 Å². The number of aryl methyl sites for hydroxylation is 1. The molecule has 0 unspecified atom stereocenters. The van der Waals surface area contributed by atoms with E-state index in [2.05, 4.69) is 9.88 Å². The van der Waals surface area contributed by atoms with Gasteiger partial charge in [0.15, 0.2) is 5.78 Å². The third kappa shape index (κ3) is 2.65. The van der Waals surface area contributed by atoms with Crippen LogP contribution < -0.4 is 0 Å². The van der Waals surface area contributed by atoms with Crippen LogP contribution in [0.1, 0.15) is 29.8 Å². The molecule has 2 heterocycles. The van der Waals surface area contributed by atoms with Crippen molar-refractivity contribution in [3.63, 3.8) is 0 Å². The predicted molar refractivity (Wildman–Crippen MR) is 57.8 cm³/mol. The first-order valence-corrected chi connectivity index (χ1v) is 5.49. The fourth-order valence-corrected chi connectivity index (χ4v) is 1.96. The molecule has 0 saturated carbocycles. The van der Waals surface area contributed by atoms with Gasteiger partial charge >= 0.3 is 0 Å². The van der Waals surface area contributed by atoms with Crippen molar-refractivity contribution in [2.45, 2.75) is 19.3 Å². The number of hydrogen-bond donors (Lipinski definition) is 0. The van der Waals surface area contributed by atoms with Crippen LogP contribution in [0.3, 0.4) is 0 Å². The Morgan fingerprint density at radius 3 is 2.73 bits per heavy atom. The smallest absolute Gasteiger partial charge is 0.196 e. The average molecular weight is 207 g/mol. The monoisotopic (exact) mass is 207 g/mol. The molecule has 0 amide bonds. The molecule has 82 valence electrons. The van der Waals surface area contributed by atoms with Crippen LogP contribution in [0.15, 0.2) is 12.5 Å². The molecule has 0 atom stereocenters. The zero-order valence-electron chi connectivity index (χ0n) is 9.15. The van der Waals surface area contributed by atoms with E-state index < -0.39 is 0 Å². The van der Waals surface area contributed by atoms with Gasteiger partial charge in [-0.1, -0.05) is 6.42 Å². The Bertz CT molecular complexity index is 339. The van der Waals surface area contributed by atoms with Crippen molar-refractivity contribution in [3.05, 3.63) is 18.2 Å².